The molecule has 9 heteroatoms. The van der Waals surface area contributed by atoms with Gasteiger partial charge in [0.25, 0.3) is 11.7 Å². The lowest BCUT2D eigenvalue weighted by Gasteiger charge is -2.28. The highest BCUT2D eigenvalue weighted by atomic mass is 16.5. The number of carbonyl (C=O) groups excluding carboxylic acids is 2. The Labute approximate surface area is 211 Å². The van der Waals surface area contributed by atoms with Gasteiger partial charge in [-0.05, 0) is 55.9 Å². The van der Waals surface area contributed by atoms with Crippen LogP contribution in [-0.2, 0) is 9.59 Å². The van der Waals surface area contributed by atoms with Crippen molar-refractivity contribution in [1.82, 2.24) is 9.80 Å². The van der Waals surface area contributed by atoms with Gasteiger partial charge < -0.3 is 34.2 Å². The average Bonchev–Trinajstić information content (AvgIpc) is 3.14. The first-order chi connectivity index (χ1) is 17.3. The molecule has 3 rings (SSSR count). The van der Waals surface area contributed by atoms with E-state index < -0.39 is 17.7 Å². The summed E-state index contributed by atoms with van der Waals surface area (Å²) in [5, 5.41) is 21.5. The summed E-state index contributed by atoms with van der Waals surface area (Å²) < 4.78 is 16.2. The minimum Gasteiger partial charge on any atom is -0.507 e. The number of phenols is 1. The Kier molecular flexibility index (Phi) is 8.82. The summed E-state index contributed by atoms with van der Waals surface area (Å²) in [5.74, 6) is -0.785. The molecular weight excluding hydrogens is 464 g/mol. The Morgan fingerprint density at radius 2 is 1.67 bits per heavy atom. The molecule has 1 saturated heterocycles. The van der Waals surface area contributed by atoms with Gasteiger partial charge in [-0.15, -0.1) is 0 Å². The Hall–Kier alpha value is -3.72. The number of carbonyl (C=O) groups is 2. The normalized spacial score (nSPS) is 17.1. The molecule has 1 unspecified atom stereocenters. The highest BCUT2D eigenvalue weighted by Gasteiger charge is 2.46. The van der Waals surface area contributed by atoms with E-state index in [0.29, 0.717) is 35.8 Å². The first-order valence-corrected chi connectivity index (χ1v) is 12.0. The lowest BCUT2D eigenvalue weighted by atomic mass is 9.95. The fourth-order valence-corrected chi connectivity index (χ4v) is 4.36. The number of amides is 1. The molecule has 2 aromatic carbocycles. The minimum absolute atomic E-state index is 0.0418. The number of aliphatic hydroxyl groups excluding tert-OH is 1. The fourth-order valence-electron chi connectivity index (χ4n) is 4.36. The van der Waals surface area contributed by atoms with Crippen molar-refractivity contribution in [3.05, 3.63) is 53.1 Å². The van der Waals surface area contributed by atoms with E-state index in [0.717, 1.165) is 13.1 Å². The molecule has 2 N–H and O–H groups in total. The standard InChI is InChI=1S/C27H34N2O7/c1-6-28(7-2)13-14-29-24(17-9-11-19(30)21(15-17)36-8-3)23(26(32)27(29)33)25(31)18-10-12-20(34-4)22(16-18)35-5/h9-12,15-16,24,30-31H,6-8,13-14H2,1-5H3/b25-23-. The van der Waals surface area contributed by atoms with Crippen LogP contribution in [-0.4, -0.2) is 78.7 Å². The van der Waals surface area contributed by atoms with Gasteiger partial charge in [0.1, 0.15) is 5.76 Å². The molecule has 0 saturated carbocycles. The predicted octanol–water partition coefficient (Wildman–Crippen LogP) is 3.57. The monoisotopic (exact) mass is 498 g/mol. The van der Waals surface area contributed by atoms with E-state index in [4.69, 9.17) is 14.2 Å². The van der Waals surface area contributed by atoms with Gasteiger partial charge in [-0.3, -0.25) is 9.59 Å². The Balaban J connectivity index is 2.17. The van der Waals surface area contributed by atoms with Gasteiger partial charge in [-0.1, -0.05) is 19.9 Å². The van der Waals surface area contributed by atoms with Crippen molar-refractivity contribution in [2.24, 2.45) is 0 Å². The van der Waals surface area contributed by atoms with Crippen LogP contribution < -0.4 is 14.2 Å². The van der Waals surface area contributed by atoms with Gasteiger partial charge in [-0.2, -0.15) is 0 Å². The number of rotatable bonds is 11. The Morgan fingerprint density at radius 3 is 2.28 bits per heavy atom. The first kappa shape index (κ1) is 26.9. The van der Waals surface area contributed by atoms with E-state index in [-0.39, 0.29) is 29.4 Å². The number of benzene rings is 2. The van der Waals surface area contributed by atoms with Crippen molar-refractivity contribution in [2.75, 3.05) is 47.0 Å². The van der Waals surface area contributed by atoms with Crippen molar-refractivity contribution < 1.29 is 34.0 Å². The molecule has 0 aromatic heterocycles. The van der Waals surface area contributed by atoms with Crippen molar-refractivity contribution in [2.45, 2.75) is 26.8 Å². The molecule has 1 amide bonds. The van der Waals surface area contributed by atoms with Gasteiger partial charge in [-0.25, -0.2) is 0 Å². The van der Waals surface area contributed by atoms with Crippen LogP contribution in [0.2, 0.25) is 0 Å². The summed E-state index contributed by atoms with van der Waals surface area (Å²) in [7, 11) is 2.97. The summed E-state index contributed by atoms with van der Waals surface area (Å²) in [6, 6.07) is 8.58. The summed E-state index contributed by atoms with van der Waals surface area (Å²) >= 11 is 0. The predicted molar refractivity (Wildman–Crippen MR) is 136 cm³/mol. The number of likely N-dealkylation sites (tertiary alicyclic amines) is 1. The van der Waals surface area contributed by atoms with Crippen LogP contribution in [0.25, 0.3) is 5.76 Å². The molecule has 1 heterocycles. The highest BCUT2D eigenvalue weighted by molar-refractivity contribution is 6.46. The summed E-state index contributed by atoms with van der Waals surface area (Å²) in [5.41, 5.74) is 0.806. The van der Waals surface area contributed by atoms with Gasteiger partial charge in [0.15, 0.2) is 23.0 Å². The molecule has 36 heavy (non-hydrogen) atoms. The number of nitrogens with zero attached hydrogens (tertiary/aromatic N) is 2. The van der Waals surface area contributed by atoms with Crippen LogP contribution in [0, 0.1) is 0 Å². The average molecular weight is 499 g/mol. The highest BCUT2D eigenvalue weighted by Crippen LogP contribution is 2.42. The Bertz CT molecular complexity index is 1140. The Morgan fingerprint density at radius 1 is 0.972 bits per heavy atom. The van der Waals surface area contributed by atoms with Gasteiger partial charge >= 0.3 is 0 Å². The van der Waals surface area contributed by atoms with Gasteiger partial charge in [0, 0.05) is 18.7 Å². The number of ether oxygens (including phenoxy) is 3. The van der Waals surface area contributed by atoms with Crippen LogP contribution in [0.1, 0.15) is 37.9 Å². The zero-order valence-corrected chi connectivity index (χ0v) is 21.4. The first-order valence-electron chi connectivity index (χ1n) is 12.0. The maximum absolute atomic E-state index is 13.3. The molecule has 1 aliphatic rings. The quantitative estimate of drug-likeness (QED) is 0.275. The van der Waals surface area contributed by atoms with E-state index in [1.807, 2.05) is 13.8 Å². The summed E-state index contributed by atoms with van der Waals surface area (Å²) in [6.45, 7) is 8.60. The zero-order chi connectivity index (χ0) is 26.4. The third-order valence-corrected chi connectivity index (χ3v) is 6.35. The SMILES string of the molecule is CCOc1cc(C2/C(=C(/O)c3ccc(OC)c(OC)c3)C(=O)C(=O)N2CCN(CC)CC)ccc1O. The number of methoxy groups -OCH3 is 2. The van der Waals surface area contributed by atoms with Crippen molar-refractivity contribution in [3.8, 4) is 23.0 Å². The van der Waals surface area contributed by atoms with E-state index >= 15 is 0 Å². The maximum Gasteiger partial charge on any atom is 0.295 e. The summed E-state index contributed by atoms with van der Waals surface area (Å²) in [6.07, 6.45) is 0. The molecule has 0 aliphatic carbocycles. The van der Waals surface area contributed by atoms with E-state index in [2.05, 4.69) is 4.90 Å². The largest absolute Gasteiger partial charge is 0.507 e. The van der Waals surface area contributed by atoms with E-state index in [9.17, 15) is 19.8 Å². The minimum atomic E-state index is -0.867. The second kappa shape index (κ2) is 11.8. The number of likely N-dealkylation sites (N-methyl/N-ethyl adjacent to an activating group) is 1. The molecular formula is C27H34N2O7. The maximum atomic E-state index is 13.3. The van der Waals surface area contributed by atoms with Crippen molar-refractivity contribution in [3.63, 3.8) is 0 Å². The number of aliphatic hydroxyl groups is 1. The fraction of sp³-hybridized carbons (Fsp3) is 0.407. The van der Waals surface area contributed by atoms with Crippen LogP contribution >= 0.6 is 0 Å². The molecule has 1 fully saturated rings. The van der Waals surface area contributed by atoms with E-state index in [1.54, 1.807) is 37.3 Å². The molecule has 1 atom stereocenters. The number of phenolic OH excluding ortho intramolecular Hbond substituents is 1. The lowest BCUT2D eigenvalue weighted by molar-refractivity contribution is -0.140. The second-order valence-electron chi connectivity index (χ2n) is 8.25. The molecule has 2 aromatic rings. The summed E-state index contributed by atoms with van der Waals surface area (Å²) in [4.78, 5) is 30.1. The second-order valence-corrected chi connectivity index (χ2v) is 8.25. The third-order valence-electron chi connectivity index (χ3n) is 6.35. The molecule has 0 bridgehead atoms. The number of hydrogen-bond acceptors (Lipinski definition) is 8. The smallest absolute Gasteiger partial charge is 0.295 e. The number of Topliss-reactive ketones (excluding diaryl/α,β-unsaturated/α-hetero) is 1. The molecule has 194 valence electrons. The zero-order valence-electron chi connectivity index (χ0n) is 21.4. The third kappa shape index (κ3) is 5.26. The number of aromatic hydroxyl groups is 1. The molecule has 9 nitrogen and oxygen atoms in total. The van der Waals surface area contributed by atoms with Crippen molar-refractivity contribution in [1.29, 1.82) is 0 Å². The number of hydrogen-bond donors (Lipinski definition) is 2. The van der Waals surface area contributed by atoms with Crippen LogP contribution in [0.15, 0.2) is 42.0 Å². The topological polar surface area (TPSA) is 109 Å². The van der Waals surface area contributed by atoms with Crippen LogP contribution in [0.4, 0.5) is 0 Å². The molecule has 0 radical (unpaired) electrons. The van der Waals surface area contributed by atoms with Crippen LogP contribution in [0.5, 0.6) is 23.0 Å². The van der Waals surface area contributed by atoms with Crippen molar-refractivity contribution >= 4 is 17.4 Å². The van der Waals surface area contributed by atoms with E-state index in [1.165, 1.54) is 25.2 Å². The molecule has 0 spiro atoms. The van der Waals surface area contributed by atoms with Gasteiger partial charge in [0.05, 0.1) is 32.4 Å². The van der Waals surface area contributed by atoms with Crippen LogP contribution in [0.3, 0.4) is 0 Å². The van der Waals surface area contributed by atoms with Gasteiger partial charge in [0.2, 0.25) is 0 Å². The molecule has 1 aliphatic heterocycles. The lowest BCUT2D eigenvalue weighted by Crippen LogP contribution is -2.38. The number of ketones is 1.